The molecule has 0 saturated heterocycles. The lowest BCUT2D eigenvalue weighted by Gasteiger charge is -2.33. The molecule has 0 bridgehead atoms. The molecule has 0 saturated carbocycles. The molecule has 0 aliphatic heterocycles. The third-order valence-corrected chi connectivity index (χ3v) is 5.91. The minimum Gasteiger partial charge on any atom is -0.460 e. The molecule has 6 nitrogen and oxygen atoms in total. The summed E-state index contributed by atoms with van der Waals surface area (Å²) in [4.78, 5) is 30.7. The largest absolute Gasteiger partial charge is 0.460 e. The molecule has 1 heterocycles. The van der Waals surface area contributed by atoms with Crippen LogP contribution in [0.25, 0.3) is 11.3 Å². The molecule has 3 rings (SSSR count). The Kier molecular flexibility index (Phi) is 8.07. The van der Waals surface area contributed by atoms with E-state index >= 15 is 4.39 Å². The molecule has 0 aliphatic rings. The SMILES string of the molecule is Cc1ccccc1-c1nccc(C(O)(CC(=O)OC(C)(C)C)c2ccc(F)cc2F)c1NC(=O)C(C)(C)C. The molecule has 1 amide bonds. The van der Waals surface area contributed by atoms with E-state index in [0.29, 0.717) is 17.3 Å². The van der Waals surface area contributed by atoms with Gasteiger partial charge in [0, 0.05) is 34.4 Å². The van der Waals surface area contributed by atoms with Gasteiger partial charge in [0.15, 0.2) is 0 Å². The summed E-state index contributed by atoms with van der Waals surface area (Å²) in [6.07, 6.45) is 0.702. The van der Waals surface area contributed by atoms with E-state index < -0.39 is 40.6 Å². The van der Waals surface area contributed by atoms with Crippen LogP contribution in [-0.2, 0) is 19.9 Å². The Bertz CT molecular complexity index is 1360. The standard InChI is InChI=1S/C30H34F2N2O4/c1-18-10-8-9-11-20(18)25-26(34-27(36)28(2,3)4)22(14-15-33-25)30(37,17-24(35)38-29(5,6)7)21-13-12-19(31)16-23(21)32/h8-16,37H,17H2,1-7H3,(H,34,36). The number of hydrogen-bond donors (Lipinski definition) is 2. The molecule has 1 aromatic heterocycles. The van der Waals surface area contributed by atoms with Crippen LogP contribution >= 0.6 is 0 Å². The van der Waals surface area contributed by atoms with Crippen LogP contribution < -0.4 is 5.32 Å². The quantitative estimate of drug-likeness (QED) is 0.370. The molecule has 8 heteroatoms. The fraction of sp³-hybridized carbons (Fsp3) is 0.367. The van der Waals surface area contributed by atoms with Crippen LogP contribution in [0, 0.1) is 24.0 Å². The first-order valence-electron chi connectivity index (χ1n) is 12.3. The number of anilines is 1. The van der Waals surface area contributed by atoms with Crippen molar-refractivity contribution in [2.45, 2.75) is 66.1 Å². The second-order valence-electron chi connectivity index (χ2n) is 11.3. The zero-order chi connectivity index (χ0) is 28.5. The third kappa shape index (κ3) is 6.42. The number of ether oxygens (including phenoxy) is 1. The van der Waals surface area contributed by atoms with Gasteiger partial charge < -0.3 is 15.2 Å². The van der Waals surface area contributed by atoms with Crippen molar-refractivity contribution in [3.05, 3.63) is 83.1 Å². The van der Waals surface area contributed by atoms with Gasteiger partial charge in [-0.2, -0.15) is 0 Å². The molecule has 0 fully saturated rings. The summed E-state index contributed by atoms with van der Waals surface area (Å²) in [5, 5.41) is 15.1. The summed E-state index contributed by atoms with van der Waals surface area (Å²) in [6, 6.07) is 11.4. The molecule has 2 N–H and O–H groups in total. The Labute approximate surface area is 222 Å². The van der Waals surface area contributed by atoms with Crippen molar-refractivity contribution in [1.29, 1.82) is 0 Å². The second-order valence-corrected chi connectivity index (χ2v) is 11.3. The lowest BCUT2D eigenvalue weighted by molar-refractivity contribution is -0.159. The molecular formula is C30H34F2N2O4. The van der Waals surface area contributed by atoms with Gasteiger partial charge in [-0.3, -0.25) is 14.6 Å². The lowest BCUT2D eigenvalue weighted by Crippen LogP contribution is -2.37. The molecule has 202 valence electrons. The average Bonchev–Trinajstić information content (AvgIpc) is 2.77. The number of aliphatic hydroxyl groups is 1. The van der Waals surface area contributed by atoms with Gasteiger partial charge in [0.05, 0.1) is 17.8 Å². The number of aromatic nitrogens is 1. The van der Waals surface area contributed by atoms with Gasteiger partial charge in [0.2, 0.25) is 5.91 Å². The lowest BCUT2D eigenvalue weighted by atomic mass is 9.81. The molecule has 1 atom stereocenters. The van der Waals surface area contributed by atoms with E-state index in [1.54, 1.807) is 53.7 Å². The number of nitrogens with one attached hydrogen (secondary N) is 1. The van der Waals surface area contributed by atoms with Gasteiger partial charge in [0.25, 0.3) is 0 Å². The van der Waals surface area contributed by atoms with Crippen molar-refractivity contribution in [2.24, 2.45) is 5.41 Å². The van der Waals surface area contributed by atoms with Crippen LogP contribution in [0.1, 0.15) is 64.7 Å². The Hall–Kier alpha value is -3.65. The predicted octanol–water partition coefficient (Wildman–Crippen LogP) is 6.29. The number of aryl methyl sites for hydroxylation is 1. The molecule has 3 aromatic rings. The van der Waals surface area contributed by atoms with Crippen LogP contribution in [0.5, 0.6) is 0 Å². The van der Waals surface area contributed by atoms with Crippen LogP contribution in [0.4, 0.5) is 14.5 Å². The van der Waals surface area contributed by atoms with E-state index in [0.717, 1.165) is 17.7 Å². The van der Waals surface area contributed by atoms with Gasteiger partial charge in [-0.15, -0.1) is 0 Å². The topological polar surface area (TPSA) is 88.5 Å². The third-order valence-electron chi connectivity index (χ3n) is 5.91. The molecule has 1 unspecified atom stereocenters. The fourth-order valence-corrected chi connectivity index (χ4v) is 4.02. The first kappa shape index (κ1) is 28.9. The summed E-state index contributed by atoms with van der Waals surface area (Å²) >= 11 is 0. The summed E-state index contributed by atoms with van der Waals surface area (Å²) < 4.78 is 34.5. The number of esters is 1. The van der Waals surface area contributed by atoms with Gasteiger partial charge in [-0.1, -0.05) is 45.0 Å². The van der Waals surface area contributed by atoms with Crippen molar-refractivity contribution in [2.75, 3.05) is 5.32 Å². The van der Waals surface area contributed by atoms with Gasteiger partial charge in [-0.05, 0) is 51.5 Å². The number of amides is 1. The normalized spacial score (nSPS) is 13.5. The Morgan fingerprint density at radius 1 is 0.974 bits per heavy atom. The van der Waals surface area contributed by atoms with E-state index in [1.165, 1.54) is 12.3 Å². The smallest absolute Gasteiger partial charge is 0.309 e. The van der Waals surface area contributed by atoms with Crippen molar-refractivity contribution < 1.29 is 28.2 Å². The Morgan fingerprint density at radius 3 is 2.21 bits per heavy atom. The summed E-state index contributed by atoms with van der Waals surface area (Å²) in [5.74, 6) is -3.10. The number of rotatable bonds is 6. The monoisotopic (exact) mass is 524 g/mol. The average molecular weight is 525 g/mol. The van der Waals surface area contributed by atoms with Crippen LogP contribution in [0.3, 0.4) is 0 Å². The van der Waals surface area contributed by atoms with E-state index in [1.807, 2.05) is 19.1 Å². The van der Waals surface area contributed by atoms with Gasteiger partial charge in [0.1, 0.15) is 22.8 Å². The van der Waals surface area contributed by atoms with E-state index in [9.17, 15) is 19.1 Å². The number of carbonyl (C=O) groups excluding carboxylic acids is 2. The fourth-order valence-electron chi connectivity index (χ4n) is 4.02. The van der Waals surface area contributed by atoms with Gasteiger partial charge >= 0.3 is 5.97 Å². The zero-order valence-corrected chi connectivity index (χ0v) is 22.8. The minimum absolute atomic E-state index is 0.0136. The Morgan fingerprint density at radius 2 is 1.63 bits per heavy atom. The summed E-state index contributed by atoms with van der Waals surface area (Å²) in [5.41, 5.74) is -2.46. The second kappa shape index (κ2) is 10.6. The highest BCUT2D eigenvalue weighted by atomic mass is 19.1. The number of nitrogens with zero attached hydrogens (tertiary/aromatic N) is 1. The first-order chi connectivity index (χ1) is 17.5. The van der Waals surface area contributed by atoms with E-state index in [-0.39, 0.29) is 22.7 Å². The summed E-state index contributed by atoms with van der Waals surface area (Å²) in [7, 11) is 0. The number of halogens is 2. The molecule has 0 radical (unpaired) electrons. The molecule has 2 aromatic carbocycles. The maximum Gasteiger partial charge on any atom is 0.309 e. The first-order valence-corrected chi connectivity index (χ1v) is 12.3. The summed E-state index contributed by atoms with van der Waals surface area (Å²) in [6.45, 7) is 12.0. The number of hydrogen-bond acceptors (Lipinski definition) is 5. The molecule has 38 heavy (non-hydrogen) atoms. The highest BCUT2D eigenvalue weighted by Gasteiger charge is 2.41. The highest BCUT2D eigenvalue weighted by Crippen LogP contribution is 2.43. The molecular weight excluding hydrogens is 490 g/mol. The maximum absolute atomic E-state index is 15.2. The number of benzene rings is 2. The number of pyridine rings is 1. The van der Waals surface area contributed by atoms with Crippen LogP contribution in [0.15, 0.2) is 54.7 Å². The van der Waals surface area contributed by atoms with Crippen molar-refractivity contribution in [1.82, 2.24) is 4.98 Å². The van der Waals surface area contributed by atoms with Gasteiger partial charge in [-0.25, -0.2) is 8.78 Å². The minimum atomic E-state index is -2.35. The maximum atomic E-state index is 15.2. The van der Waals surface area contributed by atoms with Crippen molar-refractivity contribution in [3.8, 4) is 11.3 Å². The number of carbonyl (C=O) groups is 2. The van der Waals surface area contributed by atoms with Crippen LogP contribution in [-0.4, -0.2) is 27.6 Å². The van der Waals surface area contributed by atoms with E-state index in [2.05, 4.69) is 10.3 Å². The molecule has 0 spiro atoms. The Balaban J connectivity index is 2.36. The van der Waals surface area contributed by atoms with E-state index in [4.69, 9.17) is 4.74 Å². The van der Waals surface area contributed by atoms with Crippen LogP contribution in [0.2, 0.25) is 0 Å². The van der Waals surface area contributed by atoms with Crippen molar-refractivity contribution in [3.63, 3.8) is 0 Å². The zero-order valence-electron chi connectivity index (χ0n) is 22.8. The molecule has 0 aliphatic carbocycles. The predicted molar refractivity (Wildman–Crippen MR) is 142 cm³/mol. The highest BCUT2D eigenvalue weighted by molar-refractivity contribution is 5.99. The van der Waals surface area contributed by atoms with Crippen molar-refractivity contribution >= 4 is 17.6 Å².